The van der Waals surface area contributed by atoms with Crippen molar-refractivity contribution in [1.82, 2.24) is 10.2 Å². The lowest BCUT2D eigenvalue weighted by Gasteiger charge is -2.36. The van der Waals surface area contributed by atoms with Crippen LogP contribution >= 0.6 is 0 Å². The molecule has 1 aromatic carbocycles. The second-order valence-electron chi connectivity index (χ2n) is 6.15. The lowest BCUT2D eigenvalue weighted by atomic mass is 9.98. The van der Waals surface area contributed by atoms with Crippen LogP contribution in [0.3, 0.4) is 0 Å². The number of para-hydroxylation sites is 1. The van der Waals surface area contributed by atoms with E-state index in [0.29, 0.717) is 18.0 Å². The Morgan fingerprint density at radius 2 is 1.86 bits per heavy atom. The van der Waals surface area contributed by atoms with E-state index in [2.05, 4.69) is 57.1 Å². The first-order chi connectivity index (χ1) is 10.0. The summed E-state index contributed by atoms with van der Waals surface area (Å²) >= 11 is 0. The Hall–Kier alpha value is -1.06. The third-order valence-electron chi connectivity index (χ3n) is 4.30. The summed E-state index contributed by atoms with van der Waals surface area (Å²) in [5.41, 5.74) is 1.28. The third-order valence-corrected chi connectivity index (χ3v) is 4.30. The van der Waals surface area contributed by atoms with Gasteiger partial charge in [-0.25, -0.2) is 0 Å². The molecule has 0 fully saturated rings. The van der Waals surface area contributed by atoms with Gasteiger partial charge in [-0.1, -0.05) is 39.0 Å². The highest BCUT2D eigenvalue weighted by atomic mass is 16.5. The number of nitrogens with zero attached hydrogens (tertiary/aromatic N) is 1. The molecule has 0 spiro atoms. The van der Waals surface area contributed by atoms with Crippen molar-refractivity contribution in [2.45, 2.75) is 46.2 Å². The molecule has 0 radical (unpaired) electrons. The quantitative estimate of drug-likeness (QED) is 0.756. The number of benzene rings is 1. The van der Waals surface area contributed by atoms with Gasteiger partial charge >= 0.3 is 0 Å². The van der Waals surface area contributed by atoms with E-state index in [4.69, 9.17) is 4.74 Å². The van der Waals surface area contributed by atoms with Gasteiger partial charge in [0.05, 0.1) is 7.11 Å². The van der Waals surface area contributed by atoms with E-state index in [9.17, 15) is 0 Å². The van der Waals surface area contributed by atoms with E-state index >= 15 is 0 Å². The van der Waals surface area contributed by atoms with Gasteiger partial charge in [-0.3, -0.25) is 4.90 Å². The number of ether oxygens (including phenoxy) is 1. The molecule has 0 aliphatic carbocycles. The molecule has 0 heterocycles. The van der Waals surface area contributed by atoms with Gasteiger partial charge in [0.25, 0.3) is 0 Å². The summed E-state index contributed by atoms with van der Waals surface area (Å²) in [6.45, 7) is 11.1. The highest BCUT2D eigenvalue weighted by Gasteiger charge is 2.23. The van der Waals surface area contributed by atoms with E-state index in [1.54, 1.807) is 7.11 Å². The van der Waals surface area contributed by atoms with Crippen LogP contribution in [0.4, 0.5) is 0 Å². The summed E-state index contributed by atoms with van der Waals surface area (Å²) in [5.74, 6) is 1.62. The van der Waals surface area contributed by atoms with Gasteiger partial charge in [0.15, 0.2) is 0 Å². The fourth-order valence-electron chi connectivity index (χ4n) is 2.80. The van der Waals surface area contributed by atoms with E-state index in [-0.39, 0.29) is 0 Å². The minimum atomic E-state index is 0.479. The van der Waals surface area contributed by atoms with E-state index in [1.165, 1.54) is 5.56 Å². The number of likely N-dealkylation sites (N-methyl/N-ethyl adjacent to an activating group) is 2. The van der Waals surface area contributed by atoms with Crippen LogP contribution < -0.4 is 10.1 Å². The Balaban J connectivity index is 2.73. The monoisotopic (exact) mass is 292 g/mol. The number of hydrogen-bond acceptors (Lipinski definition) is 3. The summed E-state index contributed by atoms with van der Waals surface area (Å²) in [4.78, 5) is 2.50. The zero-order valence-electron chi connectivity index (χ0n) is 14.5. The van der Waals surface area contributed by atoms with Crippen molar-refractivity contribution in [3.05, 3.63) is 29.8 Å². The third kappa shape index (κ3) is 5.33. The Labute approximate surface area is 130 Å². The second kappa shape index (κ2) is 9.06. The number of hydrogen-bond donors (Lipinski definition) is 1. The van der Waals surface area contributed by atoms with Crippen molar-refractivity contribution in [2.75, 3.05) is 27.2 Å². The minimum Gasteiger partial charge on any atom is -0.496 e. The Kier molecular flexibility index (Phi) is 7.76. The van der Waals surface area contributed by atoms with Crippen LogP contribution in [0.25, 0.3) is 0 Å². The van der Waals surface area contributed by atoms with Gasteiger partial charge in [-0.15, -0.1) is 0 Å². The SMILES string of the molecule is CCNCC(C(C)C)N(C)C(C)Cc1ccccc1OC. The van der Waals surface area contributed by atoms with Crippen molar-refractivity contribution < 1.29 is 4.74 Å². The molecule has 0 aliphatic heterocycles. The van der Waals surface area contributed by atoms with Crippen molar-refractivity contribution in [3.8, 4) is 5.75 Å². The average molecular weight is 292 g/mol. The van der Waals surface area contributed by atoms with Crippen molar-refractivity contribution in [2.24, 2.45) is 5.92 Å². The molecule has 2 atom stereocenters. The summed E-state index contributed by atoms with van der Waals surface area (Å²) in [5, 5.41) is 3.49. The molecule has 0 aliphatic rings. The molecule has 0 saturated carbocycles. The minimum absolute atomic E-state index is 0.479. The zero-order chi connectivity index (χ0) is 15.8. The van der Waals surface area contributed by atoms with Gasteiger partial charge in [-0.2, -0.15) is 0 Å². The number of methoxy groups -OCH3 is 1. The van der Waals surface area contributed by atoms with Crippen LogP contribution in [0, 0.1) is 5.92 Å². The van der Waals surface area contributed by atoms with E-state index < -0.39 is 0 Å². The van der Waals surface area contributed by atoms with Crippen LogP contribution in [0.15, 0.2) is 24.3 Å². The molecule has 120 valence electrons. The first kappa shape index (κ1) is 18.0. The van der Waals surface area contributed by atoms with Crippen molar-refractivity contribution in [3.63, 3.8) is 0 Å². The van der Waals surface area contributed by atoms with Crippen molar-refractivity contribution in [1.29, 1.82) is 0 Å². The topological polar surface area (TPSA) is 24.5 Å². The van der Waals surface area contributed by atoms with E-state index in [1.807, 2.05) is 12.1 Å². The molecule has 3 nitrogen and oxygen atoms in total. The smallest absolute Gasteiger partial charge is 0.122 e. The molecule has 1 rings (SSSR count). The molecule has 0 saturated heterocycles. The molecular formula is C18H32N2O. The van der Waals surface area contributed by atoms with Gasteiger partial charge in [0.1, 0.15) is 5.75 Å². The van der Waals surface area contributed by atoms with E-state index in [0.717, 1.165) is 25.3 Å². The Bertz CT molecular complexity index is 406. The highest BCUT2D eigenvalue weighted by molar-refractivity contribution is 5.33. The highest BCUT2D eigenvalue weighted by Crippen LogP contribution is 2.22. The number of rotatable bonds is 9. The van der Waals surface area contributed by atoms with Gasteiger partial charge in [0, 0.05) is 18.6 Å². The standard InChI is InChI=1S/C18H32N2O/c1-7-19-13-17(14(2)3)20(5)15(4)12-16-10-8-9-11-18(16)21-6/h8-11,14-15,17,19H,7,12-13H2,1-6H3. The van der Waals surface area contributed by atoms with Gasteiger partial charge < -0.3 is 10.1 Å². The van der Waals surface area contributed by atoms with Crippen molar-refractivity contribution >= 4 is 0 Å². The predicted molar refractivity (Wildman–Crippen MR) is 91.1 cm³/mol. The number of nitrogens with one attached hydrogen (secondary N) is 1. The Morgan fingerprint density at radius 3 is 2.43 bits per heavy atom. The van der Waals surface area contributed by atoms with Crippen LogP contribution in [0.1, 0.15) is 33.3 Å². The molecule has 0 aromatic heterocycles. The van der Waals surface area contributed by atoms with Gasteiger partial charge in [0.2, 0.25) is 0 Å². The average Bonchev–Trinajstić information content (AvgIpc) is 2.47. The zero-order valence-corrected chi connectivity index (χ0v) is 14.5. The maximum absolute atomic E-state index is 5.47. The Morgan fingerprint density at radius 1 is 1.19 bits per heavy atom. The molecule has 1 aromatic rings. The molecule has 0 amide bonds. The summed E-state index contributed by atoms with van der Waals surface area (Å²) < 4.78 is 5.47. The van der Waals surface area contributed by atoms with Gasteiger partial charge in [-0.05, 0) is 44.5 Å². The van der Waals surface area contributed by atoms with Crippen LogP contribution in [-0.4, -0.2) is 44.2 Å². The second-order valence-corrected chi connectivity index (χ2v) is 6.15. The molecule has 0 bridgehead atoms. The first-order valence-corrected chi connectivity index (χ1v) is 8.05. The molecular weight excluding hydrogens is 260 g/mol. The molecule has 2 unspecified atom stereocenters. The maximum atomic E-state index is 5.47. The molecule has 1 N–H and O–H groups in total. The molecule has 3 heteroatoms. The summed E-state index contributed by atoms with van der Waals surface area (Å²) in [6, 6.07) is 9.35. The summed E-state index contributed by atoms with van der Waals surface area (Å²) in [7, 11) is 3.98. The lowest BCUT2D eigenvalue weighted by Crippen LogP contribution is -2.48. The predicted octanol–water partition coefficient (Wildman–Crippen LogP) is 3.19. The normalized spacial score (nSPS) is 14.5. The maximum Gasteiger partial charge on any atom is 0.122 e. The molecule has 21 heavy (non-hydrogen) atoms. The van der Waals surface area contributed by atoms with Crippen LogP contribution in [-0.2, 0) is 6.42 Å². The van der Waals surface area contributed by atoms with Crippen LogP contribution in [0.2, 0.25) is 0 Å². The van der Waals surface area contributed by atoms with Crippen LogP contribution in [0.5, 0.6) is 5.75 Å². The fourth-order valence-corrected chi connectivity index (χ4v) is 2.80. The fraction of sp³-hybridized carbons (Fsp3) is 0.667. The lowest BCUT2D eigenvalue weighted by molar-refractivity contribution is 0.141. The first-order valence-electron chi connectivity index (χ1n) is 8.05. The largest absolute Gasteiger partial charge is 0.496 e. The summed E-state index contributed by atoms with van der Waals surface area (Å²) in [6.07, 6.45) is 1.01.